The number of nitrogens with one attached hydrogen (secondary N) is 1. The first-order valence-corrected chi connectivity index (χ1v) is 6.80. The van der Waals surface area contributed by atoms with Crippen molar-refractivity contribution in [1.82, 2.24) is 5.32 Å². The maximum absolute atomic E-state index is 12.8. The highest BCUT2D eigenvalue weighted by Crippen LogP contribution is 2.11. The second kappa shape index (κ2) is 6.88. The molecule has 110 valence electrons. The van der Waals surface area contributed by atoms with Crippen molar-refractivity contribution in [2.75, 3.05) is 6.61 Å². The van der Waals surface area contributed by atoms with Gasteiger partial charge in [-0.2, -0.15) is 0 Å². The third-order valence-electron chi connectivity index (χ3n) is 3.00. The van der Waals surface area contributed by atoms with Crippen molar-refractivity contribution in [2.45, 2.75) is 19.9 Å². The highest BCUT2D eigenvalue weighted by molar-refractivity contribution is 5.94. The van der Waals surface area contributed by atoms with E-state index in [9.17, 15) is 9.18 Å². The molecule has 0 heterocycles. The lowest BCUT2D eigenvalue weighted by molar-refractivity contribution is 0.0926. The van der Waals surface area contributed by atoms with Crippen molar-refractivity contribution < 1.29 is 13.9 Å². The van der Waals surface area contributed by atoms with Crippen molar-refractivity contribution in [3.05, 3.63) is 65.5 Å². The molecule has 0 radical (unpaired) electrons. The lowest BCUT2D eigenvalue weighted by Crippen LogP contribution is -2.36. The standard InChI is InChI=1S/C17H18FNO2/c1-12-3-9-16(10-4-12)21-11-13(2)19-17(20)14-5-7-15(18)8-6-14/h3-10,13H,11H2,1-2H3,(H,19,20). The van der Waals surface area contributed by atoms with Gasteiger partial charge in [0.25, 0.3) is 5.91 Å². The number of carbonyl (C=O) groups is 1. The second-order valence-electron chi connectivity index (χ2n) is 5.01. The number of carbonyl (C=O) groups excluding carboxylic acids is 1. The third-order valence-corrected chi connectivity index (χ3v) is 3.00. The van der Waals surface area contributed by atoms with Crippen molar-refractivity contribution in [3.63, 3.8) is 0 Å². The van der Waals surface area contributed by atoms with E-state index in [0.29, 0.717) is 12.2 Å². The largest absolute Gasteiger partial charge is 0.491 e. The highest BCUT2D eigenvalue weighted by Gasteiger charge is 2.10. The molecule has 0 saturated heterocycles. The van der Waals surface area contributed by atoms with Crippen LogP contribution in [0.4, 0.5) is 4.39 Å². The molecule has 2 aromatic rings. The monoisotopic (exact) mass is 287 g/mol. The van der Waals surface area contributed by atoms with Gasteiger partial charge in [-0.15, -0.1) is 0 Å². The summed E-state index contributed by atoms with van der Waals surface area (Å²) in [6.07, 6.45) is 0. The van der Waals surface area contributed by atoms with Crippen LogP contribution in [0.1, 0.15) is 22.8 Å². The molecule has 0 aromatic heterocycles. The molecule has 2 rings (SSSR count). The van der Waals surface area contributed by atoms with Crippen LogP contribution in [0.3, 0.4) is 0 Å². The zero-order chi connectivity index (χ0) is 15.2. The van der Waals surface area contributed by atoms with Gasteiger partial charge >= 0.3 is 0 Å². The summed E-state index contributed by atoms with van der Waals surface area (Å²) in [5, 5.41) is 2.81. The summed E-state index contributed by atoms with van der Waals surface area (Å²) in [5.41, 5.74) is 1.60. The zero-order valence-electron chi connectivity index (χ0n) is 12.1. The lowest BCUT2D eigenvalue weighted by atomic mass is 10.2. The lowest BCUT2D eigenvalue weighted by Gasteiger charge is -2.15. The van der Waals surface area contributed by atoms with Crippen LogP contribution < -0.4 is 10.1 Å². The SMILES string of the molecule is Cc1ccc(OCC(C)NC(=O)c2ccc(F)cc2)cc1. The Balaban J connectivity index is 1.83. The number of rotatable bonds is 5. The quantitative estimate of drug-likeness (QED) is 0.916. The van der Waals surface area contributed by atoms with Crippen LogP contribution in [0.15, 0.2) is 48.5 Å². The summed E-state index contributed by atoms with van der Waals surface area (Å²) in [7, 11) is 0. The summed E-state index contributed by atoms with van der Waals surface area (Å²) >= 11 is 0. The molecule has 1 N–H and O–H groups in total. The molecule has 0 saturated carbocycles. The van der Waals surface area contributed by atoms with Crippen LogP contribution in [-0.2, 0) is 0 Å². The predicted molar refractivity (Wildman–Crippen MR) is 80.0 cm³/mol. The number of halogens is 1. The second-order valence-corrected chi connectivity index (χ2v) is 5.01. The van der Waals surface area contributed by atoms with Gasteiger partial charge in [-0.25, -0.2) is 4.39 Å². The topological polar surface area (TPSA) is 38.3 Å². The maximum atomic E-state index is 12.8. The van der Waals surface area contributed by atoms with E-state index in [1.54, 1.807) is 0 Å². The molecule has 1 atom stereocenters. The summed E-state index contributed by atoms with van der Waals surface area (Å²) < 4.78 is 18.4. The fraction of sp³-hybridized carbons (Fsp3) is 0.235. The summed E-state index contributed by atoms with van der Waals surface area (Å²) in [5.74, 6) is 0.167. The summed E-state index contributed by atoms with van der Waals surface area (Å²) in [4.78, 5) is 11.9. The number of aryl methyl sites for hydroxylation is 1. The molecule has 4 heteroatoms. The average molecular weight is 287 g/mol. The first-order valence-electron chi connectivity index (χ1n) is 6.80. The van der Waals surface area contributed by atoms with E-state index in [2.05, 4.69) is 5.32 Å². The number of hydrogen-bond acceptors (Lipinski definition) is 2. The van der Waals surface area contributed by atoms with E-state index in [4.69, 9.17) is 4.74 Å². The molecule has 2 aromatic carbocycles. The average Bonchev–Trinajstić information content (AvgIpc) is 2.47. The normalized spacial score (nSPS) is 11.8. The molecule has 21 heavy (non-hydrogen) atoms. The summed E-state index contributed by atoms with van der Waals surface area (Å²) in [6, 6.07) is 13.0. The van der Waals surface area contributed by atoms with Gasteiger partial charge in [0.05, 0.1) is 6.04 Å². The van der Waals surface area contributed by atoms with Crippen LogP contribution in [0.5, 0.6) is 5.75 Å². The molecule has 0 bridgehead atoms. The van der Waals surface area contributed by atoms with Gasteiger partial charge in [-0.3, -0.25) is 4.79 Å². The minimum absolute atomic E-state index is 0.149. The van der Waals surface area contributed by atoms with Crippen LogP contribution in [0.25, 0.3) is 0 Å². The number of ether oxygens (including phenoxy) is 1. The Hall–Kier alpha value is -2.36. The van der Waals surface area contributed by atoms with Gasteiger partial charge in [0, 0.05) is 5.56 Å². The molecule has 0 aliphatic carbocycles. The summed E-state index contributed by atoms with van der Waals surface area (Å²) in [6.45, 7) is 4.24. The maximum Gasteiger partial charge on any atom is 0.251 e. The van der Waals surface area contributed by atoms with Crippen molar-refractivity contribution in [2.24, 2.45) is 0 Å². The van der Waals surface area contributed by atoms with E-state index in [-0.39, 0.29) is 17.8 Å². The van der Waals surface area contributed by atoms with Crippen molar-refractivity contribution in [3.8, 4) is 5.75 Å². The van der Waals surface area contributed by atoms with Gasteiger partial charge in [0.15, 0.2) is 0 Å². The minimum Gasteiger partial charge on any atom is -0.491 e. The Morgan fingerprint density at radius 3 is 2.38 bits per heavy atom. The molecule has 0 aliphatic rings. The van der Waals surface area contributed by atoms with Gasteiger partial charge in [-0.05, 0) is 50.2 Å². The number of amides is 1. The molecule has 3 nitrogen and oxygen atoms in total. The van der Waals surface area contributed by atoms with E-state index in [1.807, 2.05) is 38.1 Å². The number of hydrogen-bond donors (Lipinski definition) is 1. The van der Waals surface area contributed by atoms with Crippen molar-refractivity contribution in [1.29, 1.82) is 0 Å². The molecule has 0 fully saturated rings. The van der Waals surface area contributed by atoms with E-state index in [0.717, 1.165) is 5.75 Å². The van der Waals surface area contributed by atoms with Gasteiger partial charge in [0.1, 0.15) is 18.2 Å². The Morgan fingerprint density at radius 1 is 1.14 bits per heavy atom. The van der Waals surface area contributed by atoms with Crippen LogP contribution >= 0.6 is 0 Å². The zero-order valence-corrected chi connectivity index (χ0v) is 12.1. The molecule has 0 aliphatic heterocycles. The Morgan fingerprint density at radius 2 is 1.76 bits per heavy atom. The van der Waals surface area contributed by atoms with E-state index in [1.165, 1.54) is 29.8 Å². The van der Waals surface area contributed by atoms with Crippen molar-refractivity contribution >= 4 is 5.91 Å². The van der Waals surface area contributed by atoms with Gasteiger partial charge in [-0.1, -0.05) is 17.7 Å². The minimum atomic E-state index is -0.359. The molecular formula is C17H18FNO2. The van der Waals surface area contributed by atoms with Crippen LogP contribution in [-0.4, -0.2) is 18.6 Å². The Kier molecular flexibility index (Phi) is 4.93. The first kappa shape index (κ1) is 15.0. The fourth-order valence-corrected chi connectivity index (χ4v) is 1.81. The number of benzene rings is 2. The van der Waals surface area contributed by atoms with E-state index < -0.39 is 0 Å². The Bertz CT molecular complexity index is 593. The molecule has 1 unspecified atom stereocenters. The van der Waals surface area contributed by atoms with Crippen LogP contribution in [0, 0.1) is 12.7 Å². The highest BCUT2D eigenvalue weighted by atomic mass is 19.1. The molecule has 1 amide bonds. The Labute approximate surface area is 123 Å². The molecular weight excluding hydrogens is 269 g/mol. The first-order chi connectivity index (χ1) is 10.0. The fourth-order valence-electron chi connectivity index (χ4n) is 1.81. The molecule has 0 spiro atoms. The smallest absolute Gasteiger partial charge is 0.251 e. The third kappa shape index (κ3) is 4.60. The van der Waals surface area contributed by atoms with Gasteiger partial charge < -0.3 is 10.1 Å². The van der Waals surface area contributed by atoms with E-state index >= 15 is 0 Å². The van der Waals surface area contributed by atoms with Crippen LogP contribution in [0.2, 0.25) is 0 Å². The predicted octanol–water partition coefficient (Wildman–Crippen LogP) is 3.33. The van der Waals surface area contributed by atoms with Gasteiger partial charge in [0.2, 0.25) is 0 Å².